The topological polar surface area (TPSA) is 42.4 Å². The molecule has 88 valence electrons. The minimum absolute atomic E-state index is 0.510. The van der Waals surface area contributed by atoms with Gasteiger partial charge in [-0.3, -0.25) is 0 Å². The molecule has 0 unspecified atom stereocenters. The van der Waals surface area contributed by atoms with Crippen molar-refractivity contribution in [3.05, 3.63) is 52.6 Å². The number of hydrogen-bond acceptors (Lipinski definition) is 3. The highest BCUT2D eigenvalue weighted by Crippen LogP contribution is 2.22. The van der Waals surface area contributed by atoms with Gasteiger partial charge in [-0.25, -0.2) is 4.98 Å². The Morgan fingerprint density at radius 3 is 2.41 bits per heavy atom. The zero-order valence-electron chi connectivity index (χ0n) is 9.30. The van der Waals surface area contributed by atoms with Crippen LogP contribution in [0.25, 0.3) is 0 Å². The van der Waals surface area contributed by atoms with Crippen molar-refractivity contribution in [2.75, 3.05) is 0 Å². The van der Waals surface area contributed by atoms with E-state index < -0.39 is 6.10 Å². The van der Waals surface area contributed by atoms with E-state index in [1.807, 2.05) is 24.3 Å². The maximum Gasteiger partial charge on any atom is 0.219 e. The number of hydrogen-bond donors (Lipinski definition) is 1. The van der Waals surface area contributed by atoms with Gasteiger partial charge in [0.25, 0.3) is 0 Å². The fourth-order valence-electron chi connectivity index (χ4n) is 1.32. The summed E-state index contributed by atoms with van der Waals surface area (Å²) >= 11 is 3.36. The van der Waals surface area contributed by atoms with Gasteiger partial charge in [0.2, 0.25) is 5.88 Å². The lowest BCUT2D eigenvalue weighted by Gasteiger charge is -2.07. The summed E-state index contributed by atoms with van der Waals surface area (Å²) in [4.78, 5) is 4.12. The van der Waals surface area contributed by atoms with E-state index in [4.69, 9.17) is 4.74 Å². The minimum Gasteiger partial charge on any atom is -0.439 e. The Morgan fingerprint density at radius 1 is 1.18 bits per heavy atom. The van der Waals surface area contributed by atoms with Crippen LogP contribution in [0.2, 0.25) is 0 Å². The fraction of sp³-hybridized carbons (Fsp3) is 0.154. The van der Waals surface area contributed by atoms with Crippen molar-refractivity contribution in [3.8, 4) is 11.6 Å². The first-order chi connectivity index (χ1) is 8.15. The molecule has 17 heavy (non-hydrogen) atoms. The third-order valence-corrected chi connectivity index (χ3v) is 2.81. The highest BCUT2D eigenvalue weighted by molar-refractivity contribution is 9.10. The third kappa shape index (κ3) is 3.28. The Hall–Kier alpha value is -1.39. The number of halogens is 1. The monoisotopic (exact) mass is 293 g/mol. The van der Waals surface area contributed by atoms with Gasteiger partial charge >= 0.3 is 0 Å². The van der Waals surface area contributed by atoms with Crippen molar-refractivity contribution >= 4 is 15.9 Å². The van der Waals surface area contributed by atoms with Crippen molar-refractivity contribution in [2.24, 2.45) is 0 Å². The molecule has 2 aromatic rings. The summed E-state index contributed by atoms with van der Waals surface area (Å²) in [5.74, 6) is 1.24. The van der Waals surface area contributed by atoms with Gasteiger partial charge < -0.3 is 9.84 Å². The van der Waals surface area contributed by atoms with E-state index in [1.54, 1.807) is 25.3 Å². The molecule has 0 aliphatic heterocycles. The van der Waals surface area contributed by atoms with Crippen LogP contribution < -0.4 is 4.74 Å². The third-order valence-electron chi connectivity index (χ3n) is 2.28. The smallest absolute Gasteiger partial charge is 0.219 e. The second-order valence-corrected chi connectivity index (χ2v) is 4.58. The Labute approximate surface area is 108 Å². The van der Waals surface area contributed by atoms with E-state index in [-0.39, 0.29) is 0 Å². The van der Waals surface area contributed by atoms with Crippen molar-refractivity contribution in [3.63, 3.8) is 0 Å². The minimum atomic E-state index is -0.510. The lowest BCUT2D eigenvalue weighted by Crippen LogP contribution is -1.93. The van der Waals surface area contributed by atoms with Crippen molar-refractivity contribution < 1.29 is 9.84 Å². The molecular weight excluding hydrogens is 282 g/mol. The molecule has 0 saturated heterocycles. The van der Waals surface area contributed by atoms with Crippen LogP contribution >= 0.6 is 15.9 Å². The van der Waals surface area contributed by atoms with Crippen LogP contribution in [0.3, 0.4) is 0 Å². The van der Waals surface area contributed by atoms with Crippen LogP contribution in [0.1, 0.15) is 18.6 Å². The largest absolute Gasteiger partial charge is 0.439 e. The van der Waals surface area contributed by atoms with Crippen molar-refractivity contribution in [1.29, 1.82) is 0 Å². The summed E-state index contributed by atoms with van der Waals surface area (Å²) in [6.45, 7) is 1.70. The maximum absolute atomic E-state index is 9.35. The van der Waals surface area contributed by atoms with E-state index in [0.29, 0.717) is 5.88 Å². The molecule has 0 radical (unpaired) electrons. The number of benzene rings is 1. The number of rotatable bonds is 3. The normalized spacial score (nSPS) is 12.2. The molecular formula is C13H12BrNO2. The second kappa shape index (κ2) is 5.29. The first-order valence-electron chi connectivity index (χ1n) is 5.22. The number of aromatic nitrogens is 1. The summed E-state index contributed by atoms with van der Waals surface area (Å²) in [5, 5.41) is 9.35. The van der Waals surface area contributed by atoms with Crippen LogP contribution in [0.4, 0.5) is 0 Å². The summed E-state index contributed by atoms with van der Waals surface area (Å²) < 4.78 is 6.56. The summed E-state index contributed by atoms with van der Waals surface area (Å²) in [6, 6.07) is 11.1. The van der Waals surface area contributed by atoms with Gasteiger partial charge in [-0.15, -0.1) is 0 Å². The molecule has 0 aliphatic carbocycles. The molecule has 3 nitrogen and oxygen atoms in total. The molecule has 0 fully saturated rings. The van der Waals surface area contributed by atoms with Gasteiger partial charge in [0.1, 0.15) is 5.75 Å². The molecule has 0 bridgehead atoms. The quantitative estimate of drug-likeness (QED) is 0.938. The highest BCUT2D eigenvalue weighted by atomic mass is 79.9. The van der Waals surface area contributed by atoms with E-state index in [1.165, 1.54) is 0 Å². The van der Waals surface area contributed by atoms with Crippen LogP contribution in [0.15, 0.2) is 47.1 Å². The molecule has 1 heterocycles. The summed E-state index contributed by atoms with van der Waals surface area (Å²) in [7, 11) is 0. The van der Waals surface area contributed by atoms with Gasteiger partial charge in [-0.1, -0.05) is 15.9 Å². The van der Waals surface area contributed by atoms with Gasteiger partial charge in [-0.2, -0.15) is 0 Å². The molecule has 0 spiro atoms. The Bertz CT molecular complexity index is 480. The molecule has 0 saturated carbocycles. The molecule has 1 atom stereocenters. The SMILES string of the molecule is C[C@@H](O)c1ccc(Oc2ccc(Br)cc2)nc1. The van der Waals surface area contributed by atoms with Crippen molar-refractivity contribution in [1.82, 2.24) is 4.98 Å². The number of aliphatic hydroxyl groups excluding tert-OH is 1. The maximum atomic E-state index is 9.35. The van der Waals surface area contributed by atoms with Crippen LogP contribution in [0, 0.1) is 0 Å². The fourth-order valence-corrected chi connectivity index (χ4v) is 1.59. The van der Waals surface area contributed by atoms with E-state index >= 15 is 0 Å². The zero-order valence-corrected chi connectivity index (χ0v) is 10.9. The van der Waals surface area contributed by atoms with E-state index in [2.05, 4.69) is 20.9 Å². The van der Waals surface area contributed by atoms with Gasteiger partial charge in [-0.05, 0) is 42.8 Å². The van der Waals surface area contributed by atoms with Crippen LogP contribution in [-0.4, -0.2) is 10.1 Å². The lowest BCUT2D eigenvalue weighted by atomic mass is 10.2. The Morgan fingerprint density at radius 2 is 1.88 bits per heavy atom. The average Bonchev–Trinajstić information content (AvgIpc) is 2.33. The zero-order chi connectivity index (χ0) is 12.3. The van der Waals surface area contributed by atoms with Crippen molar-refractivity contribution in [2.45, 2.75) is 13.0 Å². The summed E-state index contributed by atoms with van der Waals surface area (Å²) in [5.41, 5.74) is 0.771. The molecule has 1 aromatic heterocycles. The number of pyridine rings is 1. The number of ether oxygens (including phenoxy) is 1. The van der Waals surface area contributed by atoms with Gasteiger partial charge in [0.15, 0.2) is 0 Å². The number of nitrogens with zero attached hydrogens (tertiary/aromatic N) is 1. The molecule has 1 N–H and O–H groups in total. The average molecular weight is 294 g/mol. The standard InChI is InChI=1S/C13H12BrNO2/c1-9(16)10-2-7-13(15-8-10)17-12-5-3-11(14)4-6-12/h2-9,16H,1H3/t9-/m1/s1. The molecule has 4 heteroatoms. The Balaban J connectivity index is 2.11. The molecule has 0 amide bonds. The predicted molar refractivity (Wildman–Crippen MR) is 69.1 cm³/mol. The predicted octanol–water partition coefficient (Wildman–Crippen LogP) is 3.69. The first kappa shape index (κ1) is 12.1. The molecule has 1 aromatic carbocycles. The summed E-state index contributed by atoms with van der Waals surface area (Å²) in [6.07, 6.45) is 1.10. The van der Waals surface area contributed by atoms with Gasteiger partial charge in [0, 0.05) is 16.7 Å². The lowest BCUT2D eigenvalue weighted by molar-refractivity contribution is 0.198. The Kier molecular flexibility index (Phi) is 3.76. The molecule has 2 rings (SSSR count). The first-order valence-corrected chi connectivity index (χ1v) is 6.02. The van der Waals surface area contributed by atoms with Crippen LogP contribution in [-0.2, 0) is 0 Å². The van der Waals surface area contributed by atoms with E-state index in [0.717, 1.165) is 15.8 Å². The number of aliphatic hydroxyl groups is 1. The second-order valence-electron chi connectivity index (χ2n) is 3.66. The van der Waals surface area contributed by atoms with Crippen LogP contribution in [0.5, 0.6) is 11.6 Å². The van der Waals surface area contributed by atoms with Gasteiger partial charge in [0.05, 0.1) is 6.10 Å². The van der Waals surface area contributed by atoms with E-state index in [9.17, 15) is 5.11 Å². The highest BCUT2D eigenvalue weighted by Gasteiger charge is 2.02. The molecule has 0 aliphatic rings.